The van der Waals surface area contributed by atoms with Crippen LogP contribution < -0.4 is 0 Å². The van der Waals surface area contributed by atoms with Crippen molar-refractivity contribution in [2.45, 2.75) is 45.6 Å². The van der Waals surface area contributed by atoms with Crippen LogP contribution in [0.2, 0.25) is 0 Å². The second kappa shape index (κ2) is 3.02. The Morgan fingerprint density at radius 2 is 2.00 bits per heavy atom. The third kappa shape index (κ3) is 1.58. The third-order valence-electron chi connectivity index (χ3n) is 2.86. The summed E-state index contributed by atoms with van der Waals surface area (Å²) in [6, 6.07) is 0. The van der Waals surface area contributed by atoms with Crippen molar-refractivity contribution in [3.05, 3.63) is 11.1 Å². The molecule has 0 heterocycles. The molecule has 0 bridgehead atoms. The largest absolute Gasteiger partial charge is 0.382 e. The van der Waals surface area contributed by atoms with E-state index < -0.39 is 5.60 Å². The van der Waals surface area contributed by atoms with Gasteiger partial charge in [-0.3, -0.25) is 4.79 Å². The smallest absolute Gasteiger partial charge is 0.161 e. The Morgan fingerprint density at radius 3 is 2.42 bits per heavy atom. The molecule has 0 aromatic carbocycles. The quantitative estimate of drug-likeness (QED) is 0.606. The van der Waals surface area contributed by atoms with Crippen LogP contribution in [-0.4, -0.2) is 16.5 Å². The van der Waals surface area contributed by atoms with Crippen molar-refractivity contribution in [2.75, 3.05) is 0 Å². The highest BCUT2D eigenvalue weighted by molar-refractivity contribution is 5.85. The summed E-state index contributed by atoms with van der Waals surface area (Å²) in [5.74, 6) is -0.102. The Kier molecular flexibility index (Phi) is 2.38. The zero-order chi connectivity index (χ0) is 9.35. The molecule has 68 valence electrons. The monoisotopic (exact) mass is 168 g/mol. The molecule has 0 aromatic heterocycles. The minimum Gasteiger partial charge on any atom is -0.382 e. The highest BCUT2D eigenvalue weighted by Crippen LogP contribution is 2.32. The summed E-state index contributed by atoms with van der Waals surface area (Å²) < 4.78 is 0. The average Bonchev–Trinajstić information content (AvgIpc) is 1.97. The van der Waals surface area contributed by atoms with Crippen molar-refractivity contribution < 1.29 is 9.90 Å². The summed E-state index contributed by atoms with van der Waals surface area (Å²) in [5, 5.41) is 9.85. The summed E-state index contributed by atoms with van der Waals surface area (Å²) >= 11 is 0. The summed E-state index contributed by atoms with van der Waals surface area (Å²) in [7, 11) is 0. The topological polar surface area (TPSA) is 37.3 Å². The first-order chi connectivity index (χ1) is 5.46. The van der Waals surface area contributed by atoms with Gasteiger partial charge in [0, 0.05) is 6.42 Å². The predicted octanol–water partition coefficient (Wildman–Crippen LogP) is 1.83. The van der Waals surface area contributed by atoms with E-state index in [0.29, 0.717) is 12.8 Å². The number of carbonyl (C=O) groups is 1. The Hall–Kier alpha value is -0.630. The Morgan fingerprint density at radius 1 is 1.42 bits per heavy atom. The van der Waals surface area contributed by atoms with Crippen molar-refractivity contribution in [3.63, 3.8) is 0 Å². The maximum atomic E-state index is 11.1. The van der Waals surface area contributed by atoms with Crippen molar-refractivity contribution >= 4 is 5.78 Å². The zero-order valence-electron chi connectivity index (χ0n) is 7.98. The summed E-state index contributed by atoms with van der Waals surface area (Å²) in [4.78, 5) is 11.1. The van der Waals surface area contributed by atoms with Crippen LogP contribution in [0.4, 0.5) is 0 Å². The number of allylic oxidation sites excluding steroid dienone is 1. The van der Waals surface area contributed by atoms with Gasteiger partial charge in [-0.15, -0.1) is 0 Å². The first kappa shape index (κ1) is 9.46. The summed E-state index contributed by atoms with van der Waals surface area (Å²) in [6.45, 7) is 5.52. The normalized spacial score (nSPS) is 30.7. The molecule has 1 aliphatic rings. The lowest BCUT2D eigenvalue weighted by Gasteiger charge is -2.30. The second-order valence-electron chi connectivity index (χ2n) is 3.83. The van der Waals surface area contributed by atoms with Crippen LogP contribution in [0.5, 0.6) is 0 Å². The molecule has 1 rings (SSSR count). The molecule has 0 aliphatic heterocycles. The van der Waals surface area contributed by atoms with Crippen LogP contribution in [0.3, 0.4) is 0 Å². The molecule has 1 unspecified atom stereocenters. The maximum absolute atomic E-state index is 11.1. The van der Waals surface area contributed by atoms with Crippen LogP contribution >= 0.6 is 0 Å². The van der Waals surface area contributed by atoms with Gasteiger partial charge in [-0.25, -0.2) is 0 Å². The van der Waals surface area contributed by atoms with Gasteiger partial charge in [-0.05, 0) is 33.6 Å². The number of hydrogen-bond acceptors (Lipinski definition) is 2. The Bertz CT molecular complexity index is 240. The average molecular weight is 168 g/mol. The number of rotatable bonds is 1. The Labute approximate surface area is 73.3 Å². The molecule has 2 heteroatoms. The summed E-state index contributed by atoms with van der Waals surface area (Å²) in [5.41, 5.74) is 1.42. The van der Waals surface area contributed by atoms with Gasteiger partial charge in [0.15, 0.2) is 5.78 Å². The summed E-state index contributed by atoms with van der Waals surface area (Å²) in [6.07, 6.45) is 1.96. The third-order valence-corrected chi connectivity index (χ3v) is 2.86. The molecule has 0 aromatic rings. The fourth-order valence-corrected chi connectivity index (χ4v) is 1.59. The molecule has 0 saturated carbocycles. The predicted molar refractivity (Wildman–Crippen MR) is 47.9 cm³/mol. The van der Waals surface area contributed by atoms with Gasteiger partial charge in [0.1, 0.15) is 5.60 Å². The molecule has 0 saturated heterocycles. The fraction of sp³-hybridized carbons (Fsp3) is 0.700. The maximum Gasteiger partial charge on any atom is 0.161 e. The van der Waals surface area contributed by atoms with Gasteiger partial charge in [-0.2, -0.15) is 0 Å². The van der Waals surface area contributed by atoms with E-state index in [1.165, 1.54) is 18.1 Å². The first-order valence-corrected chi connectivity index (χ1v) is 4.34. The van der Waals surface area contributed by atoms with Crippen molar-refractivity contribution in [1.29, 1.82) is 0 Å². The standard InChI is InChI=1S/C10H16O2/c1-7-4-5-10(12,9(3)11)6-8(7)2/h12H,4-6H2,1-3H3. The number of ketones is 1. The number of Topliss-reactive ketones (excluding diaryl/α,β-unsaturated/α-hetero) is 1. The molecule has 0 amide bonds. The van der Waals surface area contributed by atoms with E-state index >= 15 is 0 Å². The SMILES string of the molecule is CC(=O)C1(O)CCC(C)=C(C)C1. The van der Waals surface area contributed by atoms with Crippen LogP contribution in [0, 0.1) is 0 Å². The van der Waals surface area contributed by atoms with Gasteiger partial charge in [0.05, 0.1) is 0 Å². The van der Waals surface area contributed by atoms with E-state index in [9.17, 15) is 9.90 Å². The Balaban J connectivity index is 2.84. The minimum atomic E-state index is -1.07. The van der Waals surface area contributed by atoms with Crippen molar-refractivity contribution in [3.8, 4) is 0 Å². The van der Waals surface area contributed by atoms with Gasteiger partial charge in [-0.1, -0.05) is 11.1 Å². The fourth-order valence-electron chi connectivity index (χ4n) is 1.59. The van der Waals surface area contributed by atoms with Crippen LogP contribution in [0.1, 0.15) is 40.0 Å². The highest BCUT2D eigenvalue weighted by atomic mass is 16.3. The first-order valence-electron chi connectivity index (χ1n) is 4.34. The zero-order valence-corrected chi connectivity index (χ0v) is 7.98. The van der Waals surface area contributed by atoms with E-state index in [1.807, 2.05) is 6.92 Å². The van der Waals surface area contributed by atoms with Crippen LogP contribution in [0.25, 0.3) is 0 Å². The lowest BCUT2D eigenvalue weighted by Crippen LogP contribution is -2.39. The molecule has 1 N–H and O–H groups in total. The van der Waals surface area contributed by atoms with Crippen LogP contribution in [-0.2, 0) is 4.79 Å². The van der Waals surface area contributed by atoms with E-state index in [1.54, 1.807) is 0 Å². The molecule has 1 atom stereocenters. The molecule has 1 aliphatic carbocycles. The highest BCUT2D eigenvalue weighted by Gasteiger charge is 2.35. The molecule has 0 spiro atoms. The van der Waals surface area contributed by atoms with Gasteiger partial charge in [0.2, 0.25) is 0 Å². The van der Waals surface area contributed by atoms with Crippen molar-refractivity contribution in [1.82, 2.24) is 0 Å². The molecule has 0 fully saturated rings. The number of hydrogen-bond donors (Lipinski definition) is 1. The van der Waals surface area contributed by atoms with Gasteiger partial charge < -0.3 is 5.11 Å². The minimum absolute atomic E-state index is 0.102. The molecular weight excluding hydrogens is 152 g/mol. The lowest BCUT2D eigenvalue weighted by molar-refractivity contribution is -0.136. The van der Waals surface area contributed by atoms with Gasteiger partial charge >= 0.3 is 0 Å². The van der Waals surface area contributed by atoms with E-state index in [2.05, 4.69) is 6.92 Å². The number of aliphatic hydroxyl groups is 1. The van der Waals surface area contributed by atoms with Crippen LogP contribution in [0.15, 0.2) is 11.1 Å². The van der Waals surface area contributed by atoms with Crippen molar-refractivity contribution in [2.24, 2.45) is 0 Å². The van der Waals surface area contributed by atoms with E-state index in [0.717, 1.165) is 6.42 Å². The van der Waals surface area contributed by atoms with E-state index in [4.69, 9.17) is 0 Å². The molecule has 2 nitrogen and oxygen atoms in total. The number of carbonyl (C=O) groups excluding carboxylic acids is 1. The second-order valence-corrected chi connectivity index (χ2v) is 3.83. The lowest BCUT2D eigenvalue weighted by atomic mass is 9.79. The van der Waals surface area contributed by atoms with E-state index in [-0.39, 0.29) is 5.78 Å². The molecular formula is C10H16O2. The molecule has 12 heavy (non-hydrogen) atoms. The molecule has 0 radical (unpaired) electrons. The van der Waals surface area contributed by atoms with Gasteiger partial charge in [0.25, 0.3) is 0 Å².